The SMILES string of the molecule is CC1CC(C)C(C)N(S(=O)(=O)c2cc(CO)ccc2Br)C1. The molecule has 1 aliphatic rings. The molecule has 2 rings (SSSR count). The number of halogens is 1. The maximum atomic E-state index is 13.0. The Labute approximate surface area is 135 Å². The van der Waals surface area contributed by atoms with Crippen LogP contribution >= 0.6 is 15.9 Å². The Balaban J connectivity index is 2.46. The highest BCUT2D eigenvalue weighted by molar-refractivity contribution is 9.10. The normalized spacial score (nSPS) is 27.8. The van der Waals surface area contributed by atoms with Crippen LogP contribution in [0, 0.1) is 11.8 Å². The van der Waals surface area contributed by atoms with Crippen molar-refractivity contribution in [3.8, 4) is 0 Å². The molecule has 0 saturated carbocycles. The van der Waals surface area contributed by atoms with Gasteiger partial charge in [0.2, 0.25) is 10.0 Å². The Bertz CT molecular complexity index is 617. The van der Waals surface area contributed by atoms with Crippen LogP contribution in [0.25, 0.3) is 0 Å². The standard InChI is InChI=1S/C15H22BrNO3S/c1-10-6-11(2)12(3)17(8-10)21(19,20)15-7-13(9-18)4-5-14(15)16/h4-5,7,10-12,18H,6,8-9H2,1-3H3. The Hall–Kier alpha value is -0.430. The van der Waals surface area contributed by atoms with Crippen LogP contribution < -0.4 is 0 Å². The van der Waals surface area contributed by atoms with Crippen LogP contribution in [0.5, 0.6) is 0 Å². The molecule has 3 unspecified atom stereocenters. The van der Waals surface area contributed by atoms with Crippen molar-refractivity contribution in [3.63, 3.8) is 0 Å². The molecule has 0 aliphatic carbocycles. The van der Waals surface area contributed by atoms with Crippen molar-refractivity contribution >= 4 is 26.0 Å². The minimum atomic E-state index is -3.56. The van der Waals surface area contributed by atoms with E-state index in [0.29, 0.717) is 28.4 Å². The third-order valence-corrected chi connectivity index (χ3v) is 7.25. The zero-order valence-electron chi connectivity index (χ0n) is 12.6. The summed E-state index contributed by atoms with van der Waals surface area (Å²) in [5, 5.41) is 9.24. The fourth-order valence-electron chi connectivity index (χ4n) is 2.95. The van der Waals surface area contributed by atoms with Crippen LogP contribution in [0.1, 0.15) is 32.8 Å². The third kappa shape index (κ3) is 3.33. The van der Waals surface area contributed by atoms with Crippen molar-refractivity contribution in [1.29, 1.82) is 0 Å². The van der Waals surface area contributed by atoms with E-state index >= 15 is 0 Å². The lowest BCUT2D eigenvalue weighted by atomic mass is 9.88. The Morgan fingerprint density at radius 3 is 2.62 bits per heavy atom. The fourth-order valence-corrected chi connectivity index (χ4v) is 5.77. The third-order valence-electron chi connectivity index (χ3n) is 4.31. The van der Waals surface area contributed by atoms with Crippen LogP contribution in [-0.2, 0) is 16.6 Å². The van der Waals surface area contributed by atoms with Gasteiger partial charge < -0.3 is 5.11 Å². The average molecular weight is 376 g/mol. The summed E-state index contributed by atoms with van der Waals surface area (Å²) in [6.07, 6.45) is 1.05. The monoisotopic (exact) mass is 375 g/mol. The van der Waals surface area contributed by atoms with Crippen molar-refractivity contribution < 1.29 is 13.5 Å². The minimum Gasteiger partial charge on any atom is -0.392 e. The highest BCUT2D eigenvalue weighted by Gasteiger charge is 2.37. The Kier molecular flexibility index (Phi) is 5.13. The number of nitrogens with zero attached hydrogens (tertiary/aromatic N) is 1. The van der Waals surface area contributed by atoms with Gasteiger partial charge in [0, 0.05) is 17.1 Å². The van der Waals surface area contributed by atoms with E-state index in [1.165, 1.54) is 0 Å². The molecule has 1 saturated heterocycles. The molecule has 4 nitrogen and oxygen atoms in total. The lowest BCUT2D eigenvalue weighted by Gasteiger charge is -2.40. The predicted molar refractivity (Wildman–Crippen MR) is 86.4 cm³/mol. The summed E-state index contributed by atoms with van der Waals surface area (Å²) in [6, 6.07) is 4.93. The molecule has 0 aromatic heterocycles. The Morgan fingerprint density at radius 1 is 1.33 bits per heavy atom. The summed E-state index contributed by atoms with van der Waals surface area (Å²) >= 11 is 3.32. The van der Waals surface area contributed by atoms with Gasteiger partial charge in [0.05, 0.1) is 11.5 Å². The van der Waals surface area contributed by atoms with Gasteiger partial charge in [-0.15, -0.1) is 0 Å². The molecule has 1 heterocycles. The Morgan fingerprint density at radius 2 is 2.00 bits per heavy atom. The number of aliphatic hydroxyl groups is 1. The molecule has 1 aliphatic heterocycles. The fraction of sp³-hybridized carbons (Fsp3) is 0.600. The van der Waals surface area contributed by atoms with Gasteiger partial charge in [-0.1, -0.05) is 19.9 Å². The second-order valence-corrected chi connectivity index (χ2v) is 8.77. The molecule has 21 heavy (non-hydrogen) atoms. The van der Waals surface area contributed by atoms with Gasteiger partial charge in [0.15, 0.2) is 0 Å². The zero-order valence-corrected chi connectivity index (χ0v) is 15.0. The molecule has 1 aromatic rings. The van der Waals surface area contributed by atoms with E-state index in [1.54, 1.807) is 22.5 Å². The van der Waals surface area contributed by atoms with Gasteiger partial charge in [-0.25, -0.2) is 8.42 Å². The number of hydrogen-bond acceptors (Lipinski definition) is 3. The van der Waals surface area contributed by atoms with Crippen LogP contribution in [0.3, 0.4) is 0 Å². The minimum absolute atomic E-state index is 0.0177. The van der Waals surface area contributed by atoms with Gasteiger partial charge in [-0.05, 0) is 58.8 Å². The molecule has 1 fully saturated rings. The lowest BCUT2D eigenvalue weighted by molar-refractivity contribution is 0.157. The molecule has 0 amide bonds. The highest BCUT2D eigenvalue weighted by Crippen LogP contribution is 2.34. The number of hydrogen-bond donors (Lipinski definition) is 1. The largest absolute Gasteiger partial charge is 0.392 e. The molecule has 1 N–H and O–H groups in total. The lowest BCUT2D eigenvalue weighted by Crippen LogP contribution is -2.48. The van der Waals surface area contributed by atoms with Crippen LogP contribution in [0.15, 0.2) is 27.6 Å². The summed E-state index contributed by atoms with van der Waals surface area (Å²) in [5.41, 5.74) is 0.600. The first-order valence-electron chi connectivity index (χ1n) is 7.18. The number of rotatable bonds is 3. The van der Waals surface area contributed by atoms with E-state index < -0.39 is 10.0 Å². The molecule has 0 radical (unpaired) electrons. The van der Waals surface area contributed by atoms with Gasteiger partial charge in [0.25, 0.3) is 0 Å². The van der Waals surface area contributed by atoms with Crippen molar-refractivity contribution in [1.82, 2.24) is 4.31 Å². The van der Waals surface area contributed by atoms with Gasteiger partial charge in [-0.2, -0.15) is 4.31 Å². The first kappa shape index (κ1) is 16.9. The van der Waals surface area contributed by atoms with E-state index in [9.17, 15) is 13.5 Å². The van der Waals surface area contributed by atoms with Crippen molar-refractivity contribution in [3.05, 3.63) is 28.2 Å². The van der Waals surface area contributed by atoms with Crippen molar-refractivity contribution in [2.75, 3.05) is 6.54 Å². The number of sulfonamides is 1. The number of benzene rings is 1. The topological polar surface area (TPSA) is 57.6 Å². The summed E-state index contributed by atoms with van der Waals surface area (Å²) in [7, 11) is -3.56. The average Bonchev–Trinajstić information content (AvgIpc) is 2.43. The van der Waals surface area contributed by atoms with E-state index in [-0.39, 0.29) is 17.5 Å². The summed E-state index contributed by atoms with van der Waals surface area (Å²) in [5.74, 6) is 0.689. The van der Waals surface area contributed by atoms with Gasteiger partial charge in [-0.3, -0.25) is 0 Å². The quantitative estimate of drug-likeness (QED) is 0.883. The van der Waals surface area contributed by atoms with Gasteiger partial charge >= 0.3 is 0 Å². The summed E-state index contributed by atoms with van der Waals surface area (Å²) in [4.78, 5) is 0.238. The second kappa shape index (κ2) is 6.36. The van der Waals surface area contributed by atoms with Crippen LogP contribution in [0.2, 0.25) is 0 Å². The molecule has 118 valence electrons. The summed E-state index contributed by atoms with van der Waals surface area (Å²) in [6.45, 7) is 6.53. The van der Waals surface area contributed by atoms with E-state index in [4.69, 9.17) is 0 Å². The van der Waals surface area contributed by atoms with E-state index in [1.807, 2.05) is 6.92 Å². The maximum Gasteiger partial charge on any atom is 0.244 e. The number of piperidine rings is 1. The van der Waals surface area contributed by atoms with Crippen LogP contribution in [0.4, 0.5) is 0 Å². The first-order valence-corrected chi connectivity index (χ1v) is 9.41. The highest BCUT2D eigenvalue weighted by atomic mass is 79.9. The molecule has 1 aromatic carbocycles. The smallest absolute Gasteiger partial charge is 0.244 e. The zero-order chi connectivity index (χ0) is 15.8. The molecule has 6 heteroatoms. The van der Waals surface area contributed by atoms with Gasteiger partial charge in [0.1, 0.15) is 0 Å². The van der Waals surface area contributed by atoms with Crippen molar-refractivity contribution in [2.45, 2.75) is 44.7 Å². The summed E-state index contributed by atoms with van der Waals surface area (Å²) < 4.78 is 28.1. The van der Waals surface area contributed by atoms with Crippen LogP contribution in [-0.4, -0.2) is 30.4 Å². The van der Waals surface area contributed by atoms with E-state index in [0.717, 1.165) is 6.42 Å². The maximum absolute atomic E-state index is 13.0. The van der Waals surface area contributed by atoms with E-state index in [2.05, 4.69) is 29.8 Å². The molecule has 0 bridgehead atoms. The second-order valence-electron chi connectivity index (χ2n) is 6.06. The predicted octanol–water partition coefficient (Wildman–Crippen LogP) is 3.00. The first-order chi connectivity index (χ1) is 9.77. The number of aliphatic hydroxyl groups excluding tert-OH is 1. The molecule has 0 spiro atoms. The van der Waals surface area contributed by atoms with Crippen molar-refractivity contribution in [2.24, 2.45) is 11.8 Å². The molecule has 3 atom stereocenters. The molecular weight excluding hydrogens is 354 g/mol. The molecular formula is C15H22BrNO3S.